The topological polar surface area (TPSA) is 12.0 Å². The van der Waals surface area contributed by atoms with E-state index < -0.39 is 0 Å². The average molecular weight is 327 g/mol. The summed E-state index contributed by atoms with van der Waals surface area (Å²) in [5.74, 6) is 0. The molecule has 18 heavy (non-hydrogen) atoms. The highest BCUT2D eigenvalue weighted by atomic mass is 79.9. The van der Waals surface area contributed by atoms with Crippen LogP contribution in [0, 0.1) is 0 Å². The highest BCUT2D eigenvalue weighted by molar-refractivity contribution is 9.10. The van der Waals surface area contributed by atoms with Gasteiger partial charge in [-0.05, 0) is 30.2 Å². The molecule has 0 aliphatic carbocycles. The van der Waals surface area contributed by atoms with Crippen LogP contribution in [-0.2, 0) is 6.54 Å². The maximum absolute atomic E-state index is 3.52. The van der Waals surface area contributed by atoms with Gasteiger partial charge in [0.1, 0.15) is 0 Å². The Morgan fingerprint density at radius 1 is 1.00 bits per heavy atom. The number of halogens is 2. The number of benzene rings is 2. The van der Waals surface area contributed by atoms with Gasteiger partial charge in [0.15, 0.2) is 0 Å². The minimum Gasteiger partial charge on any atom is -0.306 e. The first-order valence-electron chi connectivity index (χ1n) is 5.78. The van der Waals surface area contributed by atoms with Crippen molar-refractivity contribution in [2.75, 3.05) is 0 Å². The third-order valence-corrected chi connectivity index (χ3v) is 3.35. The zero-order valence-corrected chi connectivity index (χ0v) is 12.7. The number of rotatable bonds is 4. The monoisotopic (exact) mass is 325 g/mol. The van der Waals surface area contributed by atoms with Gasteiger partial charge in [0.25, 0.3) is 0 Å². The molecule has 0 heterocycles. The van der Waals surface area contributed by atoms with E-state index in [4.69, 9.17) is 0 Å². The molecule has 0 amide bonds. The average Bonchev–Trinajstić information content (AvgIpc) is 2.38. The maximum Gasteiger partial charge on any atom is 0.0294 e. The van der Waals surface area contributed by atoms with E-state index in [1.807, 2.05) is 6.07 Å². The molecule has 0 saturated carbocycles. The fourth-order valence-corrected chi connectivity index (χ4v) is 2.00. The van der Waals surface area contributed by atoms with Crippen LogP contribution in [0.1, 0.15) is 24.1 Å². The van der Waals surface area contributed by atoms with Crippen LogP contribution in [0.5, 0.6) is 0 Å². The van der Waals surface area contributed by atoms with Crippen LogP contribution < -0.4 is 5.32 Å². The molecule has 0 fully saturated rings. The molecule has 1 unspecified atom stereocenters. The van der Waals surface area contributed by atoms with Crippen LogP contribution in [0.4, 0.5) is 0 Å². The van der Waals surface area contributed by atoms with E-state index in [0.717, 1.165) is 11.0 Å². The van der Waals surface area contributed by atoms with Crippen LogP contribution in [0.25, 0.3) is 0 Å². The lowest BCUT2D eigenvalue weighted by Gasteiger charge is -2.14. The van der Waals surface area contributed by atoms with Gasteiger partial charge in [0.2, 0.25) is 0 Å². The van der Waals surface area contributed by atoms with Gasteiger partial charge in [-0.1, -0.05) is 58.4 Å². The Morgan fingerprint density at radius 3 is 2.22 bits per heavy atom. The van der Waals surface area contributed by atoms with E-state index in [2.05, 4.69) is 76.7 Å². The van der Waals surface area contributed by atoms with Crippen LogP contribution in [0.2, 0.25) is 0 Å². The van der Waals surface area contributed by atoms with Crippen LogP contribution >= 0.6 is 28.3 Å². The van der Waals surface area contributed by atoms with Crippen molar-refractivity contribution in [3.63, 3.8) is 0 Å². The van der Waals surface area contributed by atoms with Gasteiger partial charge in [-0.15, -0.1) is 12.4 Å². The molecule has 1 atom stereocenters. The molecular formula is C15H17BrClN. The van der Waals surface area contributed by atoms with Gasteiger partial charge in [-0.3, -0.25) is 0 Å². The molecule has 3 heteroatoms. The van der Waals surface area contributed by atoms with Crippen LogP contribution in [0.3, 0.4) is 0 Å². The Labute approximate surface area is 123 Å². The molecule has 0 radical (unpaired) electrons. The van der Waals surface area contributed by atoms with E-state index in [1.165, 1.54) is 11.1 Å². The molecule has 1 N–H and O–H groups in total. The molecule has 0 saturated heterocycles. The summed E-state index contributed by atoms with van der Waals surface area (Å²) in [7, 11) is 0. The van der Waals surface area contributed by atoms with Gasteiger partial charge in [-0.25, -0.2) is 0 Å². The summed E-state index contributed by atoms with van der Waals surface area (Å²) in [6.07, 6.45) is 0. The number of hydrogen-bond donors (Lipinski definition) is 1. The van der Waals surface area contributed by atoms with Gasteiger partial charge < -0.3 is 5.32 Å². The zero-order chi connectivity index (χ0) is 12.1. The highest BCUT2D eigenvalue weighted by Crippen LogP contribution is 2.16. The van der Waals surface area contributed by atoms with Crippen molar-refractivity contribution in [3.05, 3.63) is 70.2 Å². The van der Waals surface area contributed by atoms with E-state index in [1.54, 1.807) is 0 Å². The Kier molecular flexibility index (Phi) is 6.41. The van der Waals surface area contributed by atoms with Gasteiger partial charge in [0.05, 0.1) is 0 Å². The molecule has 0 bridgehead atoms. The van der Waals surface area contributed by atoms with Crippen molar-refractivity contribution in [2.45, 2.75) is 19.5 Å². The second-order valence-corrected chi connectivity index (χ2v) is 5.06. The smallest absolute Gasteiger partial charge is 0.0294 e. The maximum atomic E-state index is 3.52. The van der Waals surface area contributed by atoms with Gasteiger partial charge >= 0.3 is 0 Å². The van der Waals surface area contributed by atoms with E-state index in [9.17, 15) is 0 Å². The summed E-state index contributed by atoms with van der Waals surface area (Å²) in [5.41, 5.74) is 2.63. The van der Waals surface area contributed by atoms with Crippen molar-refractivity contribution in [1.29, 1.82) is 0 Å². The molecule has 2 aromatic rings. The number of hydrogen-bond acceptors (Lipinski definition) is 1. The zero-order valence-electron chi connectivity index (χ0n) is 10.3. The molecule has 1 nitrogen and oxygen atoms in total. The fraction of sp³-hybridized carbons (Fsp3) is 0.200. The lowest BCUT2D eigenvalue weighted by atomic mass is 10.1. The van der Waals surface area contributed by atoms with Crippen molar-refractivity contribution in [2.24, 2.45) is 0 Å². The third kappa shape index (κ3) is 4.45. The van der Waals surface area contributed by atoms with Gasteiger partial charge in [-0.2, -0.15) is 0 Å². The molecule has 0 aliphatic rings. The normalized spacial score (nSPS) is 11.7. The fourth-order valence-electron chi connectivity index (χ4n) is 1.74. The highest BCUT2D eigenvalue weighted by Gasteiger charge is 2.03. The lowest BCUT2D eigenvalue weighted by Crippen LogP contribution is -2.17. The molecular weight excluding hydrogens is 310 g/mol. The predicted molar refractivity (Wildman–Crippen MR) is 83.1 cm³/mol. The first-order valence-corrected chi connectivity index (χ1v) is 6.58. The van der Waals surface area contributed by atoms with Crippen LogP contribution in [0.15, 0.2) is 59.1 Å². The Hall–Kier alpha value is -0.830. The van der Waals surface area contributed by atoms with Crippen LogP contribution in [-0.4, -0.2) is 0 Å². The van der Waals surface area contributed by atoms with Crippen molar-refractivity contribution < 1.29 is 0 Å². The molecule has 0 spiro atoms. The largest absolute Gasteiger partial charge is 0.306 e. The third-order valence-electron chi connectivity index (χ3n) is 2.83. The van der Waals surface area contributed by atoms with Crippen molar-refractivity contribution in [1.82, 2.24) is 5.32 Å². The summed E-state index contributed by atoms with van der Waals surface area (Å²) in [6.45, 7) is 3.09. The second kappa shape index (κ2) is 7.57. The second-order valence-electron chi connectivity index (χ2n) is 4.14. The van der Waals surface area contributed by atoms with Crippen molar-refractivity contribution in [3.8, 4) is 0 Å². The Morgan fingerprint density at radius 2 is 1.61 bits per heavy atom. The summed E-state index contributed by atoms with van der Waals surface area (Å²) >= 11 is 3.45. The Balaban J connectivity index is 0.00000162. The minimum absolute atomic E-state index is 0. The summed E-state index contributed by atoms with van der Waals surface area (Å²) < 4.78 is 1.12. The van der Waals surface area contributed by atoms with E-state index >= 15 is 0 Å². The summed E-state index contributed by atoms with van der Waals surface area (Å²) in [6, 6.07) is 19.3. The molecule has 0 aromatic heterocycles. The summed E-state index contributed by atoms with van der Waals surface area (Å²) in [4.78, 5) is 0. The SMILES string of the molecule is CC(NCc1ccccc1)c1ccc(Br)cc1.Cl. The standard InChI is InChI=1S/C15H16BrN.ClH/c1-12(14-7-9-15(16)10-8-14)17-11-13-5-3-2-4-6-13;/h2-10,12,17H,11H2,1H3;1H. The first-order chi connectivity index (χ1) is 8.25. The van der Waals surface area contributed by atoms with Crippen molar-refractivity contribution >= 4 is 28.3 Å². The molecule has 0 aliphatic heterocycles. The van der Waals surface area contributed by atoms with Gasteiger partial charge in [0, 0.05) is 17.1 Å². The quantitative estimate of drug-likeness (QED) is 0.857. The number of nitrogens with one attached hydrogen (secondary N) is 1. The minimum atomic E-state index is 0. The predicted octanol–water partition coefficient (Wildman–Crippen LogP) is 4.72. The van der Waals surface area contributed by atoms with E-state index in [0.29, 0.717) is 6.04 Å². The lowest BCUT2D eigenvalue weighted by molar-refractivity contribution is 0.574. The Bertz CT molecular complexity index is 456. The molecule has 2 rings (SSSR count). The summed E-state index contributed by atoms with van der Waals surface area (Å²) in [5, 5.41) is 3.52. The first kappa shape index (κ1) is 15.2. The molecule has 96 valence electrons. The van der Waals surface area contributed by atoms with E-state index in [-0.39, 0.29) is 12.4 Å². The molecule has 2 aromatic carbocycles.